The Bertz CT molecular complexity index is 820. The van der Waals surface area contributed by atoms with Gasteiger partial charge in [-0.05, 0) is 45.0 Å². The second-order valence-electron chi connectivity index (χ2n) is 6.68. The second-order valence-corrected chi connectivity index (χ2v) is 6.68. The lowest BCUT2D eigenvalue weighted by Crippen LogP contribution is -2.26. The highest BCUT2D eigenvalue weighted by Crippen LogP contribution is 2.32. The van der Waals surface area contributed by atoms with Gasteiger partial charge < -0.3 is 10.1 Å². The van der Waals surface area contributed by atoms with Crippen LogP contribution in [0.2, 0.25) is 0 Å². The average Bonchev–Trinajstić information content (AvgIpc) is 2.54. The summed E-state index contributed by atoms with van der Waals surface area (Å²) in [4.78, 5) is 4.82. The molecule has 0 aliphatic carbocycles. The summed E-state index contributed by atoms with van der Waals surface area (Å²) in [5.41, 5.74) is 4.07. The lowest BCUT2D eigenvalue weighted by atomic mass is 10.0. The minimum Gasteiger partial charge on any atom is -0.497 e. The fourth-order valence-corrected chi connectivity index (χ4v) is 2.60. The summed E-state index contributed by atoms with van der Waals surface area (Å²) in [5, 5.41) is 4.66. The maximum Gasteiger partial charge on any atom is 0.119 e. The van der Waals surface area contributed by atoms with E-state index in [1.807, 2.05) is 36.4 Å². The lowest BCUT2D eigenvalue weighted by molar-refractivity contribution is 0.415. The van der Waals surface area contributed by atoms with Gasteiger partial charge in [0.25, 0.3) is 0 Å². The Morgan fingerprint density at radius 2 is 1.70 bits per heavy atom. The molecule has 0 fully saturated rings. The first-order chi connectivity index (χ1) is 11.0. The van der Waals surface area contributed by atoms with Crippen LogP contribution in [0, 0.1) is 0 Å². The van der Waals surface area contributed by atoms with E-state index in [4.69, 9.17) is 9.72 Å². The maximum atomic E-state index is 5.37. The van der Waals surface area contributed by atoms with E-state index < -0.39 is 0 Å². The summed E-state index contributed by atoms with van der Waals surface area (Å²) in [7, 11) is 1.68. The van der Waals surface area contributed by atoms with Crippen molar-refractivity contribution in [1.82, 2.24) is 4.98 Å². The van der Waals surface area contributed by atoms with Crippen LogP contribution in [0.25, 0.3) is 22.2 Å². The molecule has 3 nitrogen and oxygen atoms in total. The van der Waals surface area contributed by atoms with Gasteiger partial charge in [0, 0.05) is 22.2 Å². The van der Waals surface area contributed by atoms with E-state index in [1.165, 1.54) is 0 Å². The Hall–Kier alpha value is -2.55. The normalized spacial score (nSPS) is 11.5. The predicted octanol–water partition coefficient (Wildman–Crippen LogP) is 5.12. The smallest absolute Gasteiger partial charge is 0.119 e. The molecule has 1 N–H and O–H groups in total. The average molecular weight is 306 g/mol. The summed E-state index contributed by atoms with van der Waals surface area (Å²) >= 11 is 0. The number of nitrogens with zero attached hydrogens (tertiary/aromatic N) is 1. The van der Waals surface area contributed by atoms with Gasteiger partial charge in [0.15, 0.2) is 0 Å². The van der Waals surface area contributed by atoms with Gasteiger partial charge >= 0.3 is 0 Å². The first-order valence-corrected chi connectivity index (χ1v) is 7.79. The molecule has 3 aromatic rings. The van der Waals surface area contributed by atoms with Gasteiger partial charge in [-0.1, -0.05) is 30.3 Å². The Kier molecular flexibility index (Phi) is 3.95. The summed E-state index contributed by atoms with van der Waals surface area (Å²) < 4.78 is 5.37. The van der Waals surface area contributed by atoms with E-state index in [-0.39, 0.29) is 5.54 Å². The summed E-state index contributed by atoms with van der Waals surface area (Å²) in [6, 6.07) is 18.4. The minimum atomic E-state index is -0.0364. The first kappa shape index (κ1) is 15.3. The number of hydrogen-bond donors (Lipinski definition) is 1. The number of rotatable bonds is 3. The number of hydrogen-bond acceptors (Lipinski definition) is 3. The van der Waals surface area contributed by atoms with E-state index in [0.29, 0.717) is 0 Å². The van der Waals surface area contributed by atoms with Crippen LogP contribution in [-0.2, 0) is 0 Å². The molecule has 3 heteroatoms. The number of aromatic nitrogens is 1. The monoisotopic (exact) mass is 306 g/mol. The molecule has 0 aliphatic heterocycles. The molecule has 0 bridgehead atoms. The number of benzene rings is 2. The van der Waals surface area contributed by atoms with Crippen LogP contribution in [0.15, 0.2) is 54.6 Å². The Morgan fingerprint density at radius 3 is 2.35 bits per heavy atom. The predicted molar refractivity (Wildman–Crippen MR) is 97.1 cm³/mol. The van der Waals surface area contributed by atoms with Crippen molar-refractivity contribution < 1.29 is 4.74 Å². The van der Waals surface area contributed by atoms with Gasteiger partial charge in [0.2, 0.25) is 0 Å². The molecule has 3 rings (SSSR count). The quantitative estimate of drug-likeness (QED) is 0.729. The third-order valence-electron chi connectivity index (χ3n) is 3.60. The standard InChI is InChI=1S/C20H22N2O/c1-20(2,3)22-19-13-18(14-8-6-5-7-9-14)21-17-11-10-15(23-4)12-16(17)19/h5-13H,1-4H3,(H,21,22). The van der Waals surface area contributed by atoms with Gasteiger partial charge in [-0.15, -0.1) is 0 Å². The number of fused-ring (bicyclic) bond motifs is 1. The molecule has 1 aromatic heterocycles. The molecule has 2 aromatic carbocycles. The van der Waals surface area contributed by atoms with Crippen LogP contribution >= 0.6 is 0 Å². The number of nitrogens with one attached hydrogen (secondary N) is 1. The summed E-state index contributed by atoms with van der Waals surface area (Å²) in [5.74, 6) is 0.837. The molecule has 0 radical (unpaired) electrons. The van der Waals surface area contributed by atoms with Crippen LogP contribution in [0.3, 0.4) is 0 Å². The first-order valence-electron chi connectivity index (χ1n) is 7.79. The highest BCUT2D eigenvalue weighted by Gasteiger charge is 2.14. The molecule has 0 saturated heterocycles. The van der Waals surface area contributed by atoms with Gasteiger partial charge in [-0.25, -0.2) is 4.98 Å². The highest BCUT2D eigenvalue weighted by molar-refractivity contribution is 5.95. The molecule has 0 spiro atoms. The van der Waals surface area contributed by atoms with Crippen molar-refractivity contribution in [2.45, 2.75) is 26.3 Å². The highest BCUT2D eigenvalue weighted by atomic mass is 16.5. The van der Waals surface area contributed by atoms with E-state index in [2.05, 4.69) is 44.3 Å². The summed E-state index contributed by atoms with van der Waals surface area (Å²) in [6.45, 7) is 6.46. The molecule has 0 saturated carbocycles. The van der Waals surface area contributed by atoms with Crippen LogP contribution in [-0.4, -0.2) is 17.6 Å². The van der Waals surface area contributed by atoms with Gasteiger partial charge in [-0.3, -0.25) is 0 Å². The molecule has 0 unspecified atom stereocenters. The van der Waals surface area contributed by atoms with Crippen molar-refractivity contribution in [3.05, 3.63) is 54.6 Å². The number of pyridine rings is 1. The van der Waals surface area contributed by atoms with Crippen molar-refractivity contribution in [2.75, 3.05) is 12.4 Å². The molecule has 0 atom stereocenters. The van der Waals surface area contributed by atoms with E-state index in [1.54, 1.807) is 7.11 Å². The Balaban J connectivity index is 2.21. The van der Waals surface area contributed by atoms with Crippen molar-refractivity contribution in [1.29, 1.82) is 0 Å². The molecule has 118 valence electrons. The van der Waals surface area contributed by atoms with Gasteiger partial charge in [-0.2, -0.15) is 0 Å². The van der Waals surface area contributed by atoms with Gasteiger partial charge in [0.1, 0.15) is 5.75 Å². The zero-order valence-electron chi connectivity index (χ0n) is 14.1. The molecular weight excluding hydrogens is 284 g/mol. The fourth-order valence-electron chi connectivity index (χ4n) is 2.60. The SMILES string of the molecule is COc1ccc2nc(-c3ccccc3)cc(NC(C)(C)C)c2c1. The lowest BCUT2D eigenvalue weighted by Gasteiger charge is -2.24. The Morgan fingerprint density at radius 1 is 0.957 bits per heavy atom. The van der Waals surface area contributed by atoms with Crippen molar-refractivity contribution in [3.63, 3.8) is 0 Å². The van der Waals surface area contributed by atoms with Crippen molar-refractivity contribution in [3.8, 4) is 17.0 Å². The molecule has 23 heavy (non-hydrogen) atoms. The topological polar surface area (TPSA) is 34.1 Å². The van der Waals surface area contributed by atoms with Gasteiger partial charge in [0.05, 0.1) is 18.3 Å². The number of ether oxygens (including phenoxy) is 1. The molecule has 0 amide bonds. The largest absolute Gasteiger partial charge is 0.497 e. The van der Waals surface area contributed by atoms with E-state index >= 15 is 0 Å². The number of methoxy groups -OCH3 is 1. The van der Waals surface area contributed by atoms with Crippen molar-refractivity contribution >= 4 is 16.6 Å². The van der Waals surface area contributed by atoms with E-state index in [9.17, 15) is 0 Å². The third kappa shape index (κ3) is 3.45. The maximum absolute atomic E-state index is 5.37. The van der Waals surface area contributed by atoms with Crippen LogP contribution in [0.1, 0.15) is 20.8 Å². The van der Waals surface area contributed by atoms with Crippen molar-refractivity contribution in [2.24, 2.45) is 0 Å². The zero-order chi connectivity index (χ0) is 16.4. The molecule has 1 heterocycles. The van der Waals surface area contributed by atoms with E-state index in [0.717, 1.165) is 33.6 Å². The van der Waals surface area contributed by atoms with Crippen LogP contribution in [0.4, 0.5) is 5.69 Å². The Labute approximate surface area is 137 Å². The van der Waals surface area contributed by atoms with Crippen LogP contribution in [0.5, 0.6) is 5.75 Å². The van der Waals surface area contributed by atoms with Crippen LogP contribution < -0.4 is 10.1 Å². The zero-order valence-corrected chi connectivity index (χ0v) is 14.1. The molecule has 0 aliphatic rings. The second kappa shape index (κ2) is 5.92. The minimum absolute atomic E-state index is 0.0364. The molecular formula is C20H22N2O. The number of anilines is 1. The third-order valence-corrected chi connectivity index (χ3v) is 3.60. The fraction of sp³-hybridized carbons (Fsp3) is 0.250. The summed E-state index contributed by atoms with van der Waals surface area (Å²) in [6.07, 6.45) is 0.